The zero-order chi connectivity index (χ0) is 14.8. The van der Waals surface area contributed by atoms with Crippen molar-refractivity contribution in [3.05, 3.63) is 17.7 Å². The fourth-order valence-electron chi connectivity index (χ4n) is 2.97. The second kappa shape index (κ2) is 5.95. The third-order valence-electron chi connectivity index (χ3n) is 4.11. The number of carbonyl (C=O) groups is 1. The molecule has 1 atom stereocenters. The van der Waals surface area contributed by atoms with E-state index in [1.165, 1.54) is 24.2 Å². The third kappa shape index (κ3) is 3.20. The van der Waals surface area contributed by atoms with Crippen LogP contribution in [-0.4, -0.2) is 27.0 Å². The molecule has 112 valence electrons. The molecular weight excluding hydrogens is 252 g/mol. The molecule has 1 heterocycles. The molecule has 5 nitrogen and oxygen atoms in total. The van der Waals surface area contributed by atoms with Crippen molar-refractivity contribution < 1.29 is 4.79 Å². The monoisotopic (exact) mass is 278 g/mol. The van der Waals surface area contributed by atoms with Crippen LogP contribution >= 0.6 is 0 Å². The summed E-state index contributed by atoms with van der Waals surface area (Å²) in [4.78, 5) is 16.2. The van der Waals surface area contributed by atoms with Crippen LogP contribution in [-0.2, 0) is 24.2 Å². The molecule has 0 fully saturated rings. The molecule has 3 N–H and O–H groups in total. The van der Waals surface area contributed by atoms with Gasteiger partial charge in [0, 0.05) is 18.3 Å². The summed E-state index contributed by atoms with van der Waals surface area (Å²) in [5.41, 5.74) is 7.47. The Morgan fingerprint density at radius 2 is 2.20 bits per heavy atom. The van der Waals surface area contributed by atoms with Gasteiger partial charge in [0.1, 0.15) is 0 Å². The number of amides is 1. The molecule has 0 saturated heterocycles. The number of hydrogen-bond acceptors (Lipinski definition) is 3. The van der Waals surface area contributed by atoms with Gasteiger partial charge in [0.15, 0.2) is 0 Å². The predicted molar refractivity (Wildman–Crippen MR) is 79.4 cm³/mol. The van der Waals surface area contributed by atoms with E-state index in [2.05, 4.69) is 14.9 Å². The van der Waals surface area contributed by atoms with E-state index in [-0.39, 0.29) is 11.9 Å². The number of primary amides is 1. The number of aryl methyl sites for hydroxylation is 2. The normalized spacial score (nSPS) is 17.8. The Hall–Kier alpha value is -1.36. The van der Waals surface area contributed by atoms with Crippen LogP contribution in [0.15, 0.2) is 6.33 Å². The van der Waals surface area contributed by atoms with Gasteiger partial charge in [-0.05, 0) is 52.9 Å². The van der Waals surface area contributed by atoms with Gasteiger partial charge in [-0.2, -0.15) is 0 Å². The van der Waals surface area contributed by atoms with Crippen LogP contribution in [0.2, 0.25) is 0 Å². The minimum Gasteiger partial charge on any atom is -0.368 e. The summed E-state index contributed by atoms with van der Waals surface area (Å²) < 4.78 is 2.19. The third-order valence-corrected chi connectivity index (χ3v) is 4.11. The first kappa shape index (κ1) is 15.0. The van der Waals surface area contributed by atoms with Crippen LogP contribution in [0.4, 0.5) is 0 Å². The second-order valence-electron chi connectivity index (χ2n) is 6.28. The first-order chi connectivity index (χ1) is 9.42. The lowest BCUT2D eigenvalue weighted by atomic mass is 9.95. The number of carbonyl (C=O) groups excluding carboxylic acids is 1. The van der Waals surface area contributed by atoms with Crippen LogP contribution in [0.25, 0.3) is 0 Å². The van der Waals surface area contributed by atoms with Crippen molar-refractivity contribution in [3.8, 4) is 0 Å². The Bertz CT molecular complexity index is 480. The first-order valence-corrected chi connectivity index (χ1v) is 7.53. The zero-order valence-corrected chi connectivity index (χ0v) is 12.8. The summed E-state index contributed by atoms with van der Waals surface area (Å²) in [6.07, 6.45) is 7.24. The number of hydrogen-bond donors (Lipinski definition) is 2. The van der Waals surface area contributed by atoms with Crippen molar-refractivity contribution in [2.75, 3.05) is 0 Å². The quantitative estimate of drug-likeness (QED) is 0.826. The van der Waals surface area contributed by atoms with Gasteiger partial charge < -0.3 is 15.6 Å². The molecule has 0 aliphatic heterocycles. The van der Waals surface area contributed by atoms with E-state index in [9.17, 15) is 4.79 Å². The van der Waals surface area contributed by atoms with E-state index in [1.54, 1.807) is 0 Å². The fraction of sp³-hybridized carbons (Fsp3) is 0.733. The van der Waals surface area contributed by atoms with Crippen molar-refractivity contribution in [1.29, 1.82) is 0 Å². The van der Waals surface area contributed by atoms with Crippen LogP contribution < -0.4 is 11.1 Å². The SMILES string of the molecule is CC(C)NC(C)(CCn1cnc2c1CCCC2)C(N)=O. The van der Waals surface area contributed by atoms with Gasteiger partial charge in [0.25, 0.3) is 0 Å². The molecule has 1 aliphatic rings. The Labute approximate surface area is 120 Å². The number of nitrogens with one attached hydrogen (secondary N) is 1. The highest BCUT2D eigenvalue weighted by atomic mass is 16.1. The largest absolute Gasteiger partial charge is 0.368 e. The van der Waals surface area contributed by atoms with Crippen LogP contribution in [0.1, 0.15) is 51.4 Å². The van der Waals surface area contributed by atoms with Gasteiger partial charge in [0.2, 0.25) is 5.91 Å². The summed E-state index contributed by atoms with van der Waals surface area (Å²) in [7, 11) is 0. The molecular formula is C15H26N4O. The Morgan fingerprint density at radius 1 is 1.50 bits per heavy atom. The van der Waals surface area contributed by atoms with Gasteiger partial charge >= 0.3 is 0 Å². The van der Waals surface area contributed by atoms with Crippen molar-refractivity contribution in [1.82, 2.24) is 14.9 Å². The molecule has 2 rings (SSSR count). The van der Waals surface area contributed by atoms with Crippen molar-refractivity contribution in [2.24, 2.45) is 5.73 Å². The Balaban J connectivity index is 2.06. The number of rotatable bonds is 6. The first-order valence-electron chi connectivity index (χ1n) is 7.53. The van der Waals surface area contributed by atoms with Gasteiger partial charge in [-0.3, -0.25) is 4.79 Å². The highest BCUT2D eigenvalue weighted by Crippen LogP contribution is 2.21. The van der Waals surface area contributed by atoms with Crippen LogP contribution in [0, 0.1) is 0 Å². The van der Waals surface area contributed by atoms with Crippen LogP contribution in [0.5, 0.6) is 0 Å². The van der Waals surface area contributed by atoms with Crippen molar-refractivity contribution in [3.63, 3.8) is 0 Å². The molecule has 1 aromatic heterocycles. The van der Waals surface area contributed by atoms with E-state index in [0.717, 1.165) is 19.4 Å². The van der Waals surface area contributed by atoms with Gasteiger partial charge in [0.05, 0.1) is 17.6 Å². The molecule has 1 aromatic rings. The summed E-state index contributed by atoms with van der Waals surface area (Å²) in [5.74, 6) is -0.291. The van der Waals surface area contributed by atoms with E-state index >= 15 is 0 Å². The predicted octanol–water partition coefficient (Wildman–Crippen LogP) is 1.39. The molecule has 5 heteroatoms. The number of aromatic nitrogens is 2. The highest BCUT2D eigenvalue weighted by Gasteiger charge is 2.31. The zero-order valence-electron chi connectivity index (χ0n) is 12.8. The fourth-order valence-corrected chi connectivity index (χ4v) is 2.97. The summed E-state index contributed by atoms with van der Waals surface area (Å²) in [6, 6.07) is 0.226. The molecule has 20 heavy (non-hydrogen) atoms. The van der Waals surface area contributed by atoms with Gasteiger partial charge in [-0.25, -0.2) is 4.98 Å². The highest BCUT2D eigenvalue weighted by molar-refractivity contribution is 5.84. The molecule has 0 bridgehead atoms. The summed E-state index contributed by atoms with van der Waals surface area (Å²) >= 11 is 0. The number of nitrogens with zero attached hydrogens (tertiary/aromatic N) is 2. The maximum atomic E-state index is 11.7. The topological polar surface area (TPSA) is 72.9 Å². The van der Waals surface area contributed by atoms with E-state index < -0.39 is 5.54 Å². The molecule has 0 radical (unpaired) electrons. The number of imidazole rings is 1. The average Bonchev–Trinajstić information content (AvgIpc) is 2.78. The molecule has 0 spiro atoms. The van der Waals surface area contributed by atoms with Gasteiger partial charge in [-0.15, -0.1) is 0 Å². The molecule has 0 saturated carbocycles. The number of nitrogens with two attached hydrogens (primary N) is 1. The molecule has 1 aliphatic carbocycles. The maximum Gasteiger partial charge on any atom is 0.237 e. The van der Waals surface area contributed by atoms with E-state index in [1.807, 2.05) is 27.1 Å². The minimum absolute atomic E-state index is 0.226. The minimum atomic E-state index is -0.667. The van der Waals surface area contributed by atoms with Gasteiger partial charge in [-0.1, -0.05) is 0 Å². The maximum absolute atomic E-state index is 11.7. The Morgan fingerprint density at radius 3 is 2.85 bits per heavy atom. The second-order valence-corrected chi connectivity index (χ2v) is 6.28. The van der Waals surface area contributed by atoms with Crippen molar-refractivity contribution >= 4 is 5.91 Å². The molecule has 1 amide bonds. The van der Waals surface area contributed by atoms with E-state index in [0.29, 0.717) is 6.42 Å². The van der Waals surface area contributed by atoms with Crippen molar-refractivity contribution in [2.45, 2.75) is 71.0 Å². The number of fused-ring (bicyclic) bond motifs is 1. The summed E-state index contributed by atoms with van der Waals surface area (Å²) in [5, 5.41) is 3.29. The Kier molecular flexibility index (Phi) is 4.48. The lowest BCUT2D eigenvalue weighted by molar-refractivity contribution is -0.124. The standard InChI is InChI=1S/C15H26N4O/c1-11(2)18-15(3,14(16)20)8-9-19-10-17-12-6-4-5-7-13(12)19/h10-11,18H,4-9H2,1-3H3,(H2,16,20). The average molecular weight is 278 g/mol. The lowest BCUT2D eigenvalue weighted by Crippen LogP contribution is -2.55. The van der Waals surface area contributed by atoms with E-state index in [4.69, 9.17) is 5.73 Å². The smallest absolute Gasteiger partial charge is 0.237 e. The lowest BCUT2D eigenvalue weighted by Gasteiger charge is -2.30. The molecule has 0 aromatic carbocycles. The summed E-state index contributed by atoms with van der Waals surface area (Å²) in [6.45, 7) is 6.72. The molecule has 1 unspecified atom stereocenters. The van der Waals surface area contributed by atoms with Crippen LogP contribution in [0.3, 0.4) is 0 Å².